The first kappa shape index (κ1) is 87.7. The van der Waals surface area contributed by atoms with Crippen molar-refractivity contribution in [1.29, 1.82) is 0 Å². The molecule has 0 saturated heterocycles. The molecule has 12 aromatic rings. The van der Waals surface area contributed by atoms with Crippen molar-refractivity contribution in [2.24, 2.45) is 15.0 Å². The van der Waals surface area contributed by atoms with Crippen molar-refractivity contribution in [3.05, 3.63) is 371 Å². The summed E-state index contributed by atoms with van der Waals surface area (Å²) in [7, 11) is 0. The Hall–Kier alpha value is -11.2. The third-order valence-electron chi connectivity index (χ3n) is 25.8. The van der Waals surface area contributed by atoms with Gasteiger partial charge in [-0.1, -0.05) is 270 Å². The van der Waals surface area contributed by atoms with Crippen LogP contribution in [0.15, 0.2) is 285 Å². The van der Waals surface area contributed by atoms with Crippen molar-refractivity contribution in [2.75, 3.05) is 0 Å². The molecule has 0 unspecified atom stereocenters. The van der Waals surface area contributed by atoms with Gasteiger partial charge in [0.1, 0.15) is 0 Å². The Morgan fingerprint density at radius 3 is 0.532 bits per heavy atom. The molecular weight excluding hydrogens is 1520 g/mol. The third kappa shape index (κ3) is 17.4. The Labute approximate surface area is 747 Å². The van der Waals surface area contributed by atoms with Crippen molar-refractivity contribution in [3.8, 4) is 66.8 Å². The van der Waals surface area contributed by atoms with Crippen LogP contribution in [0.4, 0.5) is 0 Å². The lowest BCUT2D eigenvalue weighted by Gasteiger charge is -2.31. The number of benzene rings is 9. The minimum atomic E-state index is -3.38. The van der Waals surface area contributed by atoms with Gasteiger partial charge in [0.25, 0.3) is 0 Å². The molecule has 6 nitrogen and oxygen atoms in total. The second-order valence-electron chi connectivity index (χ2n) is 42.2. The van der Waals surface area contributed by atoms with E-state index in [1.54, 1.807) is 0 Å². The van der Waals surface area contributed by atoms with Crippen LogP contribution in [0.25, 0.3) is 83.5 Å². The zero-order chi connectivity index (χ0) is 89.3. The Bertz CT molecular complexity index is 5680. The average Bonchev–Trinajstić information content (AvgIpc) is 1.55. The first-order chi connectivity index (χ1) is 58.2. The van der Waals surface area contributed by atoms with Crippen molar-refractivity contribution in [1.82, 2.24) is 10.7 Å². The number of hydrogen-bond acceptors (Lipinski definition) is 3. The van der Waals surface area contributed by atoms with E-state index < -0.39 is 14.8 Å². The number of allylic oxidation sites excluding steroid dienone is 6. The van der Waals surface area contributed by atoms with Crippen LogP contribution in [0.2, 0.25) is 0 Å². The van der Waals surface area contributed by atoms with E-state index in [0.717, 1.165) is 202 Å². The van der Waals surface area contributed by atoms with Crippen molar-refractivity contribution < 1.29 is 0 Å². The number of aromatic nitrogens is 3. The predicted molar refractivity (Wildman–Crippen MR) is 536 cm³/mol. The zero-order valence-corrected chi connectivity index (χ0v) is 80.9. The molecule has 0 spiro atoms. The fraction of sp³-hybridized carbons (Fsp3) is 0.308. The highest BCUT2D eigenvalue weighted by Gasteiger charge is 2.45. The number of aliphatic imine (C=N–C) groups is 3. The Balaban J connectivity index is 1.10. The summed E-state index contributed by atoms with van der Waals surface area (Å²) in [6, 6.07) is 85.6. The van der Waals surface area contributed by atoms with Gasteiger partial charge in [-0.15, -0.1) is 0 Å². The summed E-state index contributed by atoms with van der Waals surface area (Å²) in [6.07, 6.45) is 6.86. The lowest BCUT2D eigenvalue weighted by molar-refractivity contribution is 0.590. The standard InChI is InChI=1S/3C39H43N2.Al/c3*1-24-19-26(3)40-36(24)35(37-25(2)20-27(4)41-37)32-22-30(28-11-15-33(16-12-28)38(5,6)7)21-31(23-32)29-13-17-34(18-14-29)39(8,9)10;/h3*11-23H,1-10H3;/q3*-1;+3/b3*36-35-;. The first-order valence-electron chi connectivity index (χ1n) is 44.8. The summed E-state index contributed by atoms with van der Waals surface area (Å²) >= 11 is -3.38. The molecule has 0 bridgehead atoms. The van der Waals surface area contributed by atoms with E-state index in [1.807, 2.05) is 0 Å². The number of aryl methyl sites for hydroxylation is 6. The summed E-state index contributed by atoms with van der Waals surface area (Å²) in [6.45, 7) is 69.0. The SMILES string of the molecule is CC1=CC(C)=N/C1=C(/c1cc(-c2ccc(C(C)(C)C)cc2)cc(-c2ccc(C(C)(C)C)cc2)c1)c1c(C)cc(C)[n]1[Al]([n]1c(C)cc(C)c1/C(=C1\N=C(C)C=C1C)c1cc(-c2ccc(C(C)(C)C)cc2)cc(-c2ccc(C(C)(C)C)cc2)c1)[n]1c(C)cc(C)c1/C(=C1\N=C(C)C=C1C)c1cc(-c2ccc(C(C)(C)C)cc2)cc(-c2ccc(C(C)(C)C)cc2)c1. The van der Waals surface area contributed by atoms with Gasteiger partial charge in [0, 0.05) is 50.9 Å². The maximum atomic E-state index is 5.79. The van der Waals surface area contributed by atoms with Gasteiger partial charge in [0.15, 0.2) is 0 Å². The molecule has 0 saturated carbocycles. The lowest BCUT2D eigenvalue weighted by Crippen LogP contribution is -2.46. The summed E-state index contributed by atoms with van der Waals surface area (Å²) < 4.78 is 8.53. The van der Waals surface area contributed by atoms with E-state index in [0.29, 0.717) is 0 Å². The molecule has 0 aliphatic carbocycles. The molecule has 3 aromatic heterocycles. The van der Waals surface area contributed by atoms with E-state index >= 15 is 0 Å². The number of hydrogen-bond donors (Lipinski definition) is 0. The van der Waals surface area contributed by atoms with Gasteiger partial charge in [-0.05, 0) is 374 Å². The smallest absolute Gasteiger partial charge is 0.399 e. The molecule has 3 aliphatic rings. The van der Waals surface area contributed by atoms with Crippen LogP contribution in [0.5, 0.6) is 0 Å². The number of nitrogens with zero attached hydrogens (tertiary/aromatic N) is 6. The predicted octanol–water partition coefficient (Wildman–Crippen LogP) is 31.2. The molecule has 0 atom stereocenters. The lowest BCUT2D eigenvalue weighted by atomic mass is 9.84. The molecule has 7 heteroatoms. The van der Waals surface area contributed by atoms with E-state index in [4.69, 9.17) is 15.0 Å². The van der Waals surface area contributed by atoms with Crippen LogP contribution in [0.1, 0.15) is 267 Å². The topological polar surface area (TPSA) is 51.9 Å². The largest absolute Gasteiger partial charge is 0.755 e. The molecule has 0 N–H and O–H groups in total. The van der Waals surface area contributed by atoms with Gasteiger partial charge < -0.3 is 10.7 Å². The highest BCUT2D eigenvalue weighted by atomic mass is 27.2. The molecule has 6 heterocycles. The second-order valence-corrected chi connectivity index (χ2v) is 44.4. The highest BCUT2D eigenvalue weighted by Crippen LogP contribution is 2.49. The minimum absolute atomic E-state index is 0.0318. The minimum Gasteiger partial charge on any atom is -0.399 e. The van der Waals surface area contributed by atoms with E-state index in [9.17, 15) is 0 Å². The highest BCUT2D eigenvalue weighted by molar-refractivity contribution is 6.56. The van der Waals surface area contributed by atoms with Gasteiger partial charge >= 0.3 is 14.8 Å². The van der Waals surface area contributed by atoms with Crippen molar-refractivity contribution in [3.63, 3.8) is 0 Å². The second kappa shape index (κ2) is 32.7. The molecular formula is C117H129AlN6. The molecule has 0 radical (unpaired) electrons. The maximum Gasteiger partial charge on any atom is 0.755 e. The fourth-order valence-electron chi connectivity index (χ4n) is 18.9. The average molecular weight is 1650 g/mol. The quantitative estimate of drug-likeness (QED) is 0.0919. The summed E-state index contributed by atoms with van der Waals surface area (Å²) in [4.78, 5) is 17.4. The van der Waals surface area contributed by atoms with E-state index in [2.05, 4.69) is 455 Å². The van der Waals surface area contributed by atoms with Crippen LogP contribution in [-0.4, -0.2) is 42.6 Å². The Morgan fingerprint density at radius 2 is 0.387 bits per heavy atom. The van der Waals surface area contributed by atoms with Gasteiger partial charge in [-0.2, -0.15) is 0 Å². The zero-order valence-electron chi connectivity index (χ0n) is 79.8. The van der Waals surface area contributed by atoms with E-state index in [-0.39, 0.29) is 32.5 Å². The molecule has 124 heavy (non-hydrogen) atoms. The molecule has 3 aliphatic heterocycles. The fourth-order valence-corrected chi connectivity index (χ4v) is 22.6. The summed E-state index contributed by atoms with van der Waals surface area (Å²) in [5, 5.41) is 0. The Kier molecular flexibility index (Phi) is 23.1. The maximum absolute atomic E-state index is 5.79. The van der Waals surface area contributed by atoms with Gasteiger partial charge in [-0.3, -0.25) is 15.0 Å². The van der Waals surface area contributed by atoms with Crippen LogP contribution in [0.3, 0.4) is 0 Å². The molecule has 0 fully saturated rings. The van der Waals surface area contributed by atoms with Crippen LogP contribution < -0.4 is 0 Å². The Morgan fingerprint density at radius 1 is 0.218 bits per heavy atom. The van der Waals surface area contributed by atoms with Crippen molar-refractivity contribution >= 4 is 48.7 Å². The van der Waals surface area contributed by atoms with Crippen LogP contribution in [-0.2, 0) is 32.5 Å². The van der Waals surface area contributed by atoms with Crippen LogP contribution in [0, 0.1) is 41.5 Å². The molecule has 9 aromatic carbocycles. The van der Waals surface area contributed by atoms with Gasteiger partial charge in [-0.25, -0.2) is 0 Å². The van der Waals surface area contributed by atoms with Gasteiger partial charge in [0.05, 0.1) is 17.1 Å². The summed E-state index contributed by atoms with van der Waals surface area (Å²) in [5.74, 6) is 0. The summed E-state index contributed by atoms with van der Waals surface area (Å²) in [5.41, 5.74) is 47.4. The van der Waals surface area contributed by atoms with E-state index in [1.165, 1.54) is 33.4 Å². The molecule has 0 amide bonds. The monoisotopic (exact) mass is 1650 g/mol. The molecule has 15 rings (SSSR count). The normalized spacial score (nSPS) is 15.4. The third-order valence-corrected chi connectivity index (χ3v) is 29.2. The van der Waals surface area contributed by atoms with Crippen LogP contribution >= 0.6 is 0 Å². The van der Waals surface area contributed by atoms with Crippen molar-refractivity contribution in [2.45, 2.75) is 240 Å². The molecule has 630 valence electrons. The number of rotatable bonds is 15. The van der Waals surface area contributed by atoms with Gasteiger partial charge in [0.2, 0.25) is 0 Å². The first-order valence-corrected chi connectivity index (χ1v) is 46.3.